The highest BCUT2D eigenvalue weighted by Gasteiger charge is 2.27. The van der Waals surface area contributed by atoms with E-state index in [-0.39, 0.29) is 23.1 Å². The first-order valence-corrected chi connectivity index (χ1v) is 10.6. The maximum absolute atomic E-state index is 13.1. The molecule has 168 valence electrons. The van der Waals surface area contributed by atoms with Crippen molar-refractivity contribution in [1.29, 1.82) is 0 Å². The second kappa shape index (κ2) is 10.3. The van der Waals surface area contributed by atoms with E-state index in [1.807, 2.05) is 45.0 Å². The van der Waals surface area contributed by atoms with Crippen LogP contribution in [-0.2, 0) is 10.2 Å². The number of benzene rings is 2. The van der Waals surface area contributed by atoms with E-state index >= 15 is 0 Å². The molecule has 2 amide bonds. The van der Waals surface area contributed by atoms with Crippen molar-refractivity contribution < 1.29 is 19.1 Å². The molecule has 6 heteroatoms. The number of hydrogen-bond donors (Lipinski definition) is 2. The second-order valence-corrected chi connectivity index (χ2v) is 8.78. The molecule has 2 aromatic carbocycles. The average Bonchev–Trinajstić information content (AvgIpc) is 2.71. The molecule has 0 aliphatic carbocycles. The molecule has 0 unspecified atom stereocenters. The zero-order valence-corrected chi connectivity index (χ0v) is 19.5. The summed E-state index contributed by atoms with van der Waals surface area (Å²) < 4.78 is 11.0. The van der Waals surface area contributed by atoms with Gasteiger partial charge in [0.15, 0.2) is 0 Å². The Balaban J connectivity index is 2.27. The van der Waals surface area contributed by atoms with Gasteiger partial charge in [0.1, 0.15) is 17.5 Å². The Morgan fingerprint density at radius 2 is 1.71 bits per heavy atom. The van der Waals surface area contributed by atoms with Gasteiger partial charge in [0, 0.05) is 0 Å². The number of methoxy groups -OCH3 is 1. The summed E-state index contributed by atoms with van der Waals surface area (Å²) >= 11 is 0. The lowest BCUT2D eigenvalue weighted by Crippen LogP contribution is -2.47. The SMILES string of the molecule is CCOc1ccccc1C(=O)N[C@H](C(=O)Nc1cc(C(C)(C)C)ccc1OC)C(C)C. The fourth-order valence-corrected chi connectivity index (χ4v) is 3.17. The van der Waals surface area contributed by atoms with Crippen molar-refractivity contribution in [1.82, 2.24) is 5.32 Å². The number of ether oxygens (including phenoxy) is 2. The van der Waals surface area contributed by atoms with Crippen LogP contribution < -0.4 is 20.1 Å². The summed E-state index contributed by atoms with van der Waals surface area (Å²) in [6.07, 6.45) is 0. The summed E-state index contributed by atoms with van der Waals surface area (Å²) in [6.45, 7) is 12.4. The standard InChI is InChI=1S/C25H34N2O4/c1-8-31-20-12-10-9-11-18(20)23(28)27-22(16(2)3)24(29)26-19-15-17(25(4,5)6)13-14-21(19)30-7/h9-16,22H,8H2,1-7H3,(H,26,29)(H,27,28)/t22-/m0/s1. The van der Waals surface area contributed by atoms with E-state index < -0.39 is 6.04 Å². The van der Waals surface area contributed by atoms with Crippen LogP contribution in [0.25, 0.3) is 0 Å². The van der Waals surface area contributed by atoms with Gasteiger partial charge in [-0.1, -0.05) is 52.8 Å². The van der Waals surface area contributed by atoms with Gasteiger partial charge in [-0.2, -0.15) is 0 Å². The van der Waals surface area contributed by atoms with Gasteiger partial charge < -0.3 is 20.1 Å². The highest BCUT2D eigenvalue weighted by Crippen LogP contribution is 2.31. The van der Waals surface area contributed by atoms with E-state index in [9.17, 15) is 9.59 Å². The Morgan fingerprint density at radius 3 is 2.29 bits per heavy atom. The lowest BCUT2D eigenvalue weighted by Gasteiger charge is -2.24. The smallest absolute Gasteiger partial charge is 0.255 e. The summed E-state index contributed by atoms with van der Waals surface area (Å²) in [5.74, 6) is 0.275. The van der Waals surface area contributed by atoms with E-state index in [0.29, 0.717) is 29.4 Å². The molecular weight excluding hydrogens is 392 g/mol. The topological polar surface area (TPSA) is 76.7 Å². The lowest BCUT2D eigenvalue weighted by atomic mass is 9.86. The molecule has 0 spiro atoms. The molecule has 0 bridgehead atoms. The molecule has 0 aliphatic rings. The number of para-hydroxylation sites is 1. The number of anilines is 1. The van der Waals surface area contributed by atoms with Gasteiger partial charge in [0.05, 0.1) is 25.0 Å². The molecule has 31 heavy (non-hydrogen) atoms. The predicted molar refractivity (Wildman–Crippen MR) is 124 cm³/mol. The Kier molecular flexibility index (Phi) is 8.08. The van der Waals surface area contributed by atoms with Crippen molar-refractivity contribution >= 4 is 17.5 Å². The molecule has 1 atom stereocenters. The van der Waals surface area contributed by atoms with Gasteiger partial charge in [-0.25, -0.2) is 0 Å². The molecule has 0 heterocycles. The molecule has 0 fully saturated rings. The fourth-order valence-electron chi connectivity index (χ4n) is 3.17. The number of nitrogens with one attached hydrogen (secondary N) is 2. The first-order chi connectivity index (χ1) is 14.6. The lowest BCUT2D eigenvalue weighted by molar-refractivity contribution is -0.118. The highest BCUT2D eigenvalue weighted by molar-refractivity contribution is 6.03. The molecule has 0 aliphatic heterocycles. The van der Waals surface area contributed by atoms with Crippen LogP contribution in [0.5, 0.6) is 11.5 Å². The third-order valence-electron chi connectivity index (χ3n) is 4.99. The van der Waals surface area contributed by atoms with Crippen LogP contribution >= 0.6 is 0 Å². The number of amides is 2. The van der Waals surface area contributed by atoms with Gasteiger partial charge in [0.2, 0.25) is 5.91 Å². The van der Waals surface area contributed by atoms with Crippen LogP contribution in [0.4, 0.5) is 5.69 Å². The summed E-state index contributed by atoms with van der Waals surface area (Å²) in [7, 11) is 1.56. The van der Waals surface area contributed by atoms with Crippen molar-refractivity contribution in [2.75, 3.05) is 19.0 Å². The van der Waals surface area contributed by atoms with E-state index in [1.165, 1.54) is 0 Å². The minimum Gasteiger partial charge on any atom is -0.495 e. The molecule has 2 rings (SSSR count). The molecule has 0 radical (unpaired) electrons. The van der Waals surface area contributed by atoms with E-state index in [2.05, 4.69) is 31.4 Å². The van der Waals surface area contributed by atoms with Crippen molar-refractivity contribution in [2.45, 2.75) is 53.0 Å². The maximum atomic E-state index is 13.1. The summed E-state index contributed by atoms with van der Waals surface area (Å²) in [4.78, 5) is 26.1. The van der Waals surface area contributed by atoms with Crippen LogP contribution in [0.3, 0.4) is 0 Å². The monoisotopic (exact) mass is 426 g/mol. The van der Waals surface area contributed by atoms with Crippen molar-refractivity contribution in [3.63, 3.8) is 0 Å². The zero-order valence-electron chi connectivity index (χ0n) is 19.5. The first-order valence-electron chi connectivity index (χ1n) is 10.6. The summed E-state index contributed by atoms with van der Waals surface area (Å²) in [5.41, 5.74) is 1.96. The normalized spacial score (nSPS) is 12.3. The molecule has 2 aromatic rings. The molecule has 2 N–H and O–H groups in total. The van der Waals surface area contributed by atoms with Crippen molar-refractivity contribution in [3.8, 4) is 11.5 Å². The van der Waals surface area contributed by atoms with Crippen molar-refractivity contribution in [3.05, 3.63) is 53.6 Å². The minimum absolute atomic E-state index is 0.0829. The molecule has 0 aromatic heterocycles. The second-order valence-electron chi connectivity index (χ2n) is 8.78. The Morgan fingerprint density at radius 1 is 1.03 bits per heavy atom. The van der Waals surface area contributed by atoms with E-state index in [0.717, 1.165) is 5.56 Å². The Hall–Kier alpha value is -3.02. The summed E-state index contributed by atoms with van der Waals surface area (Å²) in [5, 5.41) is 5.80. The largest absolute Gasteiger partial charge is 0.495 e. The number of rotatable bonds is 8. The highest BCUT2D eigenvalue weighted by atomic mass is 16.5. The quantitative estimate of drug-likeness (QED) is 0.637. The third kappa shape index (κ3) is 6.23. The molecule has 0 saturated heterocycles. The average molecular weight is 427 g/mol. The van der Waals surface area contributed by atoms with E-state index in [4.69, 9.17) is 9.47 Å². The van der Waals surface area contributed by atoms with E-state index in [1.54, 1.807) is 25.3 Å². The third-order valence-corrected chi connectivity index (χ3v) is 4.99. The van der Waals surface area contributed by atoms with Crippen LogP contribution in [0.15, 0.2) is 42.5 Å². The van der Waals surface area contributed by atoms with Gasteiger partial charge in [-0.05, 0) is 48.1 Å². The van der Waals surface area contributed by atoms with Crippen LogP contribution in [0.1, 0.15) is 57.5 Å². The predicted octanol–water partition coefficient (Wildman–Crippen LogP) is 4.78. The van der Waals surface area contributed by atoms with Crippen molar-refractivity contribution in [2.24, 2.45) is 5.92 Å². The first kappa shape index (κ1) is 24.3. The molecular formula is C25H34N2O4. The zero-order chi connectivity index (χ0) is 23.2. The van der Waals surface area contributed by atoms with Gasteiger partial charge in [-0.15, -0.1) is 0 Å². The van der Waals surface area contributed by atoms with Crippen LogP contribution in [-0.4, -0.2) is 31.6 Å². The van der Waals surface area contributed by atoms with Gasteiger partial charge in [0.25, 0.3) is 5.91 Å². The fraction of sp³-hybridized carbons (Fsp3) is 0.440. The van der Waals surface area contributed by atoms with Gasteiger partial charge in [-0.3, -0.25) is 9.59 Å². The number of carbonyl (C=O) groups excluding carboxylic acids is 2. The molecule has 0 saturated carbocycles. The Labute approximate surface area is 185 Å². The number of hydrogen-bond acceptors (Lipinski definition) is 4. The summed E-state index contributed by atoms with van der Waals surface area (Å²) in [6, 6.07) is 12.0. The van der Waals surface area contributed by atoms with Crippen LogP contribution in [0, 0.1) is 5.92 Å². The minimum atomic E-state index is -0.731. The maximum Gasteiger partial charge on any atom is 0.255 e. The van der Waals surface area contributed by atoms with Gasteiger partial charge >= 0.3 is 0 Å². The Bertz CT molecular complexity index is 916. The number of carbonyl (C=O) groups is 2. The molecule has 6 nitrogen and oxygen atoms in total. The van der Waals surface area contributed by atoms with Crippen LogP contribution in [0.2, 0.25) is 0 Å².